The van der Waals surface area contributed by atoms with Gasteiger partial charge in [-0.15, -0.1) is 0 Å². The minimum Gasteiger partial charge on any atom is -0.508 e. The van der Waals surface area contributed by atoms with Gasteiger partial charge >= 0.3 is 0 Å². The van der Waals surface area contributed by atoms with E-state index in [1.165, 1.54) is 0 Å². The summed E-state index contributed by atoms with van der Waals surface area (Å²) in [6.07, 6.45) is 0.812. The molecule has 1 aromatic rings. The van der Waals surface area contributed by atoms with Crippen LogP contribution in [-0.4, -0.2) is 34.0 Å². The number of nitrogens with two attached hydrogens (primary N) is 1. The molecule has 0 spiro atoms. The molecule has 3 N–H and O–H groups in total. The van der Waals surface area contributed by atoms with Crippen molar-refractivity contribution in [1.29, 1.82) is 0 Å². The average molecular weight is 294 g/mol. The fraction of sp³-hybridized carbons (Fsp3) is 0.467. The lowest BCUT2D eigenvalue weighted by Crippen LogP contribution is -2.37. The number of rotatable bonds is 7. The Kier molecular flexibility index (Phi) is 6.45. The monoisotopic (exact) mass is 294 g/mol. The summed E-state index contributed by atoms with van der Waals surface area (Å²) in [6, 6.07) is 6.77. The Balaban J connectivity index is 2.69. The fourth-order valence-electron chi connectivity index (χ4n) is 1.96. The third kappa shape index (κ3) is 6.02. The van der Waals surface area contributed by atoms with Gasteiger partial charge in [-0.05, 0) is 23.6 Å². The van der Waals surface area contributed by atoms with Crippen molar-refractivity contribution in [1.82, 2.24) is 4.90 Å². The molecule has 0 fully saturated rings. The van der Waals surface area contributed by atoms with Crippen LogP contribution in [0.3, 0.4) is 0 Å². The first-order valence-electron chi connectivity index (χ1n) is 6.72. The third-order valence-corrected chi connectivity index (χ3v) is 3.04. The van der Waals surface area contributed by atoms with Crippen LogP contribution in [0.15, 0.2) is 24.3 Å². The number of phenolic OH excluding ortho intramolecular Hbond substituents is 1. The standard InChI is InChI=1S/C15H22N2O2S/c1-11(2)10-17(7-6-14(16)20)15(19)9-12-4-3-5-13(18)8-12/h3-5,8,11,18H,6-7,9-10H2,1-2H3,(H2,16,20). The Morgan fingerprint density at radius 1 is 1.45 bits per heavy atom. The van der Waals surface area contributed by atoms with Gasteiger partial charge in [-0.2, -0.15) is 0 Å². The Hall–Kier alpha value is -1.62. The number of aromatic hydroxyl groups is 1. The highest BCUT2D eigenvalue weighted by Crippen LogP contribution is 2.13. The summed E-state index contributed by atoms with van der Waals surface area (Å²) < 4.78 is 0. The van der Waals surface area contributed by atoms with Gasteiger partial charge in [0.1, 0.15) is 5.75 Å². The van der Waals surface area contributed by atoms with E-state index >= 15 is 0 Å². The first-order chi connectivity index (χ1) is 9.38. The van der Waals surface area contributed by atoms with E-state index in [2.05, 4.69) is 13.8 Å². The molecule has 0 heterocycles. The normalized spacial score (nSPS) is 10.6. The lowest BCUT2D eigenvalue weighted by Gasteiger charge is -2.24. The molecule has 1 rings (SSSR count). The SMILES string of the molecule is CC(C)CN(CCC(N)=S)C(=O)Cc1cccc(O)c1. The molecule has 5 heteroatoms. The highest BCUT2D eigenvalue weighted by molar-refractivity contribution is 7.80. The first kappa shape index (κ1) is 16.4. The summed E-state index contributed by atoms with van der Waals surface area (Å²) in [5, 5.41) is 9.43. The summed E-state index contributed by atoms with van der Waals surface area (Å²) in [4.78, 5) is 14.5. The Labute approximate surface area is 125 Å². The van der Waals surface area contributed by atoms with Crippen LogP contribution in [0.1, 0.15) is 25.8 Å². The minimum absolute atomic E-state index is 0.0283. The van der Waals surface area contributed by atoms with Crippen LogP contribution in [0, 0.1) is 5.92 Å². The van der Waals surface area contributed by atoms with Crippen molar-refractivity contribution >= 4 is 23.1 Å². The Morgan fingerprint density at radius 2 is 2.15 bits per heavy atom. The van der Waals surface area contributed by atoms with Gasteiger partial charge in [0.15, 0.2) is 0 Å². The summed E-state index contributed by atoms with van der Waals surface area (Å²) in [5.74, 6) is 0.587. The maximum Gasteiger partial charge on any atom is 0.227 e. The number of hydrogen-bond donors (Lipinski definition) is 2. The number of hydrogen-bond acceptors (Lipinski definition) is 3. The zero-order chi connectivity index (χ0) is 15.1. The molecule has 20 heavy (non-hydrogen) atoms. The smallest absolute Gasteiger partial charge is 0.227 e. The number of nitrogens with zero attached hydrogens (tertiary/aromatic N) is 1. The second kappa shape index (κ2) is 7.85. The number of carbonyl (C=O) groups excluding carboxylic acids is 1. The van der Waals surface area contributed by atoms with Crippen LogP contribution < -0.4 is 5.73 Å². The topological polar surface area (TPSA) is 66.6 Å². The second-order valence-corrected chi connectivity index (χ2v) is 5.82. The number of carbonyl (C=O) groups is 1. The van der Waals surface area contributed by atoms with E-state index < -0.39 is 0 Å². The number of phenols is 1. The van der Waals surface area contributed by atoms with E-state index in [1.54, 1.807) is 23.1 Å². The molecule has 0 radical (unpaired) electrons. The van der Waals surface area contributed by atoms with Crippen molar-refractivity contribution in [3.8, 4) is 5.75 Å². The highest BCUT2D eigenvalue weighted by Gasteiger charge is 2.15. The first-order valence-corrected chi connectivity index (χ1v) is 7.13. The zero-order valence-electron chi connectivity index (χ0n) is 12.0. The van der Waals surface area contributed by atoms with Gasteiger partial charge in [0.25, 0.3) is 0 Å². The molecular weight excluding hydrogens is 272 g/mol. The van der Waals surface area contributed by atoms with Crippen LogP contribution in [0.4, 0.5) is 0 Å². The van der Waals surface area contributed by atoms with Crippen molar-refractivity contribution in [3.63, 3.8) is 0 Å². The van der Waals surface area contributed by atoms with Crippen molar-refractivity contribution < 1.29 is 9.90 Å². The lowest BCUT2D eigenvalue weighted by molar-refractivity contribution is -0.130. The van der Waals surface area contributed by atoms with Crippen molar-refractivity contribution in [2.45, 2.75) is 26.7 Å². The Bertz CT molecular complexity index is 475. The molecule has 0 aromatic heterocycles. The van der Waals surface area contributed by atoms with Gasteiger partial charge in [0.05, 0.1) is 11.4 Å². The number of benzene rings is 1. The molecule has 4 nitrogen and oxygen atoms in total. The van der Waals surface area contributed by atoms with Crippen molar-refractivity contribution in [2.75, 3.05) is 13.1 Å². The van der Waals surface area contributed by atoms with Gasteiger partial charge in [-0.1, -0.05) is 38.2 Å². The molecule has 0 saturated heterocycles. The van der Waals surface area contributed by atoms with E-state index in [1.807, 2.05) is 6.07 Å². The molecule has 0 aliphatic heterocycles. The second-order valence-electron chi connectivity index (χ2n) is 5.30. The maximum absolute atomic E-state index is 12.3. The van der Waals surface area contributed by atoms with E-state index in [9.17, 15) is 9.90 Å². The lowest BCUT2D eigenvalue weighted by atomic mass is 10.1. The van der Waals surface area contributed by atoms with Crippen LogP contribution in [-0.2, 0) is 11.2 Å². The molecule has 0 aliphatic rings. The largest absolute Gasteiger partial charge is 0.508 e. The van der Waals surface area contributed by atoms with Gasteiger partial charge in [0.2, 0.25) is 5.91 Å². The quantitative estimate of drug-likeness (QED) is 0.756. The molecule has 1 amide bonds. The molecule has 0 aliphatic carbocycles. The summed E-state index contributed by atoms with van der Waals surface area (Å²) >= 11 is 4.87. The summed E-state index contributed by atoms with van der Waals surface area (Å²) in [7, 11) is 0. The molecule has 1 aromatic carbocycles. The summed E-state index contributed by atoms with van der Waals surface area (Å²) in [6.45, 7) is 5.36. The van der Waals surface area contributed by atoms with Crippen LogP contribution in [0.5, 0.6) is 5.75 Å². The van der Waals surface area contributed by atoms with Crippen molar-refractivity contribution in [3.05, 3.63) is 29.8 Å². The predicted molar refractivity (Wildman–Crippen MR) is 84.6 cm³/mol. The number of amides is 1. The number of thiocarbonyl (C=S) groups is 1. The van der Waals surface area contributed by atoms with Crippen LogP contribution in [0.25, 0.3) is 0 Å². The molecule has 0 bridgehead atoms. The van der Waals surface area contributed by atoms with Gasteiger partial charge in [-0.25, -0.2) is 0 Å². The van der Waals surface area contributed by atoms with Crippen molar-refractivity contribution in [2.24, 2.45) is 11.7 Å². The van der Waals surface area contributed by atoms with E-state index in [-0.39, 0.29) is 18.1 Å². The average Bonchev–Trinajstić information content (AvgIpc) is 2.33. The van der Waals surface area contributed by atoms with Gasteiger partial charge in [0, 0.05) is 19.5 Å². The molecule has 0 atom stereocenters. The van der Waals surface area contributed by atoms with Gasteiger partial charge in [-0.3, -0.25) is 4.79 Å². The molecular formula is C15H22N2O2S. The van der Waals surface area contributed by atoms with E-state index in [4.69, 9.17) is 18.0 Å². The van der Waals surface area contributed by atoms with Crippen LogP contribution in [0.2, 0.25) is 0 Å². The molecule has 0 saturated carbocycles. The van der Waals surface area contributed by atoms with Crippen LogP contribution >= 0.6 is 12.2 Å². The minimum atomic E-state index is 0.0283. The molecule has 110 valence electrons. The highest BCUT2D eigenvalue weighted by atomic mass is 32.1. The fourth-order valence-corrected chi connectivity index (χ4v) is 2.05. The summed E-state index contributed by atoms with van der Waals surface area (Å²) in [5.41, 5.74) is 6.31. The third-order valence-electron chi connectivity index (χ3n) is 2.83. The van der Waals surface area contributed by atoms with Gasteiger partial charge < -0.3 is 15.7 Å². The maximum atomic E-state index is 12.3. The zero-order valence-corrected chi connectivity index (χ0v) is 12.8. The predicted octanol–water partition coefficient (Wildman–Crippen LogP) is 2.10. The Morgan fingerprint density at radius 3 is 2.70 bits per heavy atom. The van der Waals surface area contributed by atoms with E-state index in [0.717, 1.165) is 5.56 Å². The van der Waals surface area contributed by atoms with E-state index in [0.29, 0.717) is 30.4 Å². The molecule has 0 unspecified atom stereocenters.